The molecule has 1 aromatic rings. The Labute approximate surface area is 212 Å². The van der Waals surface area contributed by atoms with Gasteiger partial charge in [0.25, 0.3) is 0 Å². The van der Waals surface area contributed by atoms with E-state index >= 15 is 0 Å². The molecule has 0 bridgehead atoms. The third-order valence-electron chi connectivity index (χ3n) is 8.25. The summed E-state index contributed by atoms with van der Waals surface area (Å²) in [4.78, 5) is 41.2. The summed E-state index contributed by atoms with van der Waals surface area (Å²) in [7, 11) is 2.90. The number of hydrogen-bond donors (Lipinski definition) is 0. The minimum atomic E-state index is -1.55. The second-order valence-electron chi connectivity index (χ2n) is 9.89. The standard InChI is InChI=1S/C28H36O8/c1-5-6-21-24(30)18(2)22(12-14-34-17-19-7-9-20(32-3)10-8-19)28(26(31)33-4)23(29)11-13-27(25(21)28)35-15-16-36-27/h5,7-10,18,21-22,25H,1,6,11-17H2,2-4H3/t18-,21-,22+,25-,28-/m0/s1. The fourth-order valence-corrected chi connectivity index (χ4v) is 6.71. The van der Waals surface area contributed by atoms with Crippen molar-refractivity contribution in [1.82, 2.24) is 0 Å². The number of rotatable bonds is 9. The topological polar surface area (TPSA) is 97.4 Å². The van der Waals surface area contributed by atoms with Crippen molar-refractivity contribution in [3.8, 4) is 5.75 Å². The van der Waals surface area contributed by atoms with Crippen molar-refractivity contribution in [2.24, 2.45) is 29.1 Å². The first kappa shape index (κ1) is 26.5. The van der Waals surface area contributed by atoms with Crippen LogP contribution in [0.25, 0.3) is 0 Å². The molecule has 1 aromatic carbocycles. The summed E-state index contributed by atoms with van der Waals surface area (Å²) in [6.07, 6.45) is 2.77. The number of Topliss-reactive ketones (excluding diaryl/α,β-unsaturated/α-hetero) is 2. The van der Waals surface area contributed by atoms with Gasteiger partial charge in [0.15, 0.2) is 11.6 Å². The van der Waals surface area contributed by atoms with Crippen molar-refractivity contribution < 1.29 is 38.1 Å². The number of hydrogen-bond acceptors (Lipinski definition) is 8. The Bertz CT molecular complexity index is 970. The lowest BCUT2D eigenvalue weighted by atomic mass is 9.45. The van der Waals surface area contributed by atoms with E-state index in [1.807, 2.05) is 24.3 Å². The molecule has 8 nitrogen and oxygen atoms in total. The molecule has 36 heavy (non-hydrogen) atoms. The van der Waals surface area contributed by atoms with Gasteiger partial charge in [-0.25, -0.2) is 0 Å². The van der Waals surface area contributed by atoms with Gasteiger partial charge >= 0.3 is 5.97 Å². The summed E-state index contributed by atoms with van der Waals surface area (Å²) >= 11 is 0. The van der Waals surface area contributed by atoms with Crippen molar-refractivity contribution in [2.75, 3.05) is 34.0 Å². The molecule has 1 saturated heterocycles. The minimum absolute atomic E-state index is 0.00671. The number of ketones is 2. The van der Waals surface area contributed by atoms with E-state index in [1.165, 1.54) is 7.11 Å². The third kappa shape index (κ3) is 4.29. The zero-order chi connectivity index (χ0) is 25.9. The highest BCUT2D eigenvalue weighted by Crippen LogP contribution is 2.62. The second-order valence-corrected chi connectivity index (χ2v) is 9.89. The number of fused-ring (bicyclic) bond motifs is 2. The van der Waals surface area contributed by atoms with Crippen LogP contribution < -0.4 is 4.74 Å². The molecule has 4 rings (SSSR count). The Morgan fingerprint density at radius 3 is 2.47 bits per heavy atom. The quantitative estimate of drug-likeness (QED) is 0.220. The van der Waals surface area contributed by atoms with Crippen LogP contribution in [0.3, 0.4) is 0 Å². The molecular weight excluding hydrogens is 464 g/mol. The van der Waals surface area contributed by atoms with Gasteiger partial charge in [0.05, 0.1) is 34.0 Å². The molecule has 0 aromatic heterocycles. The molecule has 3 aliphatic rings. The van der Waals surface area contributed by atoms with E-state index in [0.717, 1.165) is 11.3 Å². The Morgan fingerprint density at radius 1 is 1.17 bits per heavy atom. The van der Waals surface area contributed by atoms with Gasteiger partial charge in [0.1, 0.15) is 16.9 Å². The van der Waals surface area contributed by atoms with Gasteiger partial charge in [-0.3, -0.25) is 14.4 Å². The van der Waals surface area contributed by atoms with Gasteiger partial charge in [-0.05, 0) is 36.5 Å². The molecule has 2 aliphatic carbocycles. The Hall–Kier alpha value is -2.55. The summed E-state index contributed by atoms with van der Waals surface area (Å²) in [5.41, 5.74) is -0.586. The molecule has 0 unspecified atom stereocenters. The van der Waals surface area contributed by atoms with E-state index in [2.05, 4.69) is 6.58 Å². The van der Waals surface area contributed by atoms with Crippen LogP contribution in [0.2, 0.25) is 0 Å². The van der Waals surface area contributed by atoms with Crippen molar-refractivity contribution in [3.05, 3.63) is 42.5 Å². The van der Waals surface area contributed by atoms with Crippen molar-refractivity contribution in [2.45, 2.75) is 45.0 Å². The molecule has 5 atom stereocenters. The first-order chi connectivity index (χ1) is 17.4. The smallest absolute Gasteiger partial charge is 0.320 e. The summed E-state index contributed by atoms with van der Waals surface area (Å²) in [6, 6.07) is 7.55. The first-order valence-electron chi connectivity index (χ1n) is 12.6. The van der Waals surface area contributed by atoms with Crippen LogP contribution in [0.5, 0.6) is 5.75 Å². The molecule has 0 amide bonds. The number of allylic oxidation sites excluding steroid dienone is 1. The maximum absolute atomic E-state index is 13.8. The van der Waals surface area contributed by atoms with Crippen LogP contribution in [-0.4, -0.2) is 57.4 Å². The number of carbonyl (C=O) groups is 3. The van der Waals surface area contributed by atoms with Gasteiger partial charge in [0, 0.05) is 37.2 Å². The number of benzene rings is 1. The first-order valence-corrected chi connectivity index (χ1v) is 12.6. The summed E-state index contributed by atoms with van der Waals surface area (Å²) in [5.74, 6) is -3.81. The minimum Gasteiger partial charge on any atom is -0.497 e. The van der Waals surface area contributed by atoms with Crippen LogP contribution in [-0.2, 0) is 39.9 Å². The molecule has 3 fully saturated rings. The van der Waals surface area contributed by atoms with Gasteiger partial charge in [-0.1, -0.05) is 25.1 Å². The zero-order valence-corrected chi connectivity index (χ0v) is 21.3. The number of carbonyl (C=O) groups excluding carboxylic acids is 3. The van der Waals surface area contributed by atoms with E-state index in [1.54, 1.807) is 20.1 Å². The maximum atomic E-state index is 13.8. The SMILES string of the molecule is C=CC[C@H]1C(=O)[C@@H](C)[C@@H](CCOCc2ccc(OC)cc2)[C@]2(C(=O)OC)C(=O)CCC3(OCCO3)[C@H]12. The van der Waals surface area contributed by atoms with Crippen LogP contribution in [0.1, 0.15) is 38.2 Å². The molecule has 0 radical (unpaired) electrons. The summed E-state index contributed by atoms with van der Waals surface area (Å²) in [6.45, 7) is 6.96. The number of methoxy groups -OCH3 is 2. The van der Waals surface area contributed by atoms with Gasteiger partial charge in [-0.15, -0.1) is 6.58 Å². The monoisotopic (exact) mass is 500 g/mol. The Balaban J connectivity index is 1.66. The zero-order valence-electron chi connectivity index (χ0n) is 21.3. The highest BCUT2D eigenvalue weighted by molar-refractivity contribution is 6.08. The Morgan fingerprint density at radius 2 is 1.86 bits per heavy atom. The van der Waals surface area contributed by atoms with Crippen LogP contribution >= 0.6 is 0 Å². The van der Waals surface area contributed by atoms with E-state index in [9.17, 15) is 14.4 Å². The van der Waals surface area contributed by atoms with E-state index in [-0.39, 0.29) is 24.6 Å². The molecule has 196 valence electrons. The lowest BCUT2D eigenvalue weighted by molar-refractivity contribution is -0.267. The largest absolute Gasteiger partial charge is 0.497 e. The van der Waals surface area contributed by atoms with Crippen LogP contribution in [0, 0.1) is 29.1 Å². The summed E-state index contributed by atoms with van der Waals surface area (Å²) < 4.78 is 28.7. The van der Waals surface area contributed by atoms with Crippen LogP contribution in [0.15, 0.2) is 36.9 Å². The van der Waals surface area contributed by atoms with Gasteiger partial charge in [-0.2, -0.15) is 0 Å². The molecule has 1 aliphatic heterocycles. The normalized spacial score (nSPS) is 31.2. The predicted molar refractivity (Wildman–Crippen MR) is 130 cm³/mol. The second kappa shape index (κ2) is 10.8. The molecule has 0 N–H and O–H groups in total. The lowest BCUT2D eigenvalue weighted by Crippen LogP contribution is -2.70. The maximum Gasteiger partial charge on any atom is 0.320 e. The van der Waals surface area contributed by atoms with Crippen molar-refractivity contribution in [3.63, 3.8) is 0 Å². The Kier molecular flexibility index (Phi) is 7.97. The highest BCUT2D eigenvalue weighted by Gasteiger charge is 2.73. The molecule has 1 spiro atoms. The predicted octanol–water partition coefficient (Wildman–Crippen LogP) is 3.51. The number of ether oxygens (including phenoxy) is 5. The fraction of sp³-hybridized carbons (Fsp3) is 0.607. The average molecular weight is 501 g/mol. The average Bonchev–Trinajstić information content (AvgIpc) is 3.37. The number of esters is 1. The highest BCUT2D eigenvalue weighted by atomic mass is 16.7. The van der Waals surface area contributed by atoms with Crippen LogP contribution in [0.4, 0.5) is 0 Å². The van der Waals surface area contributed by atoms with Crippen molar-refractivity contribution >= 4 is 17.5 Å². The van der Waals surface area contributed by atoms with E-state index < -0.39 is 40.8 Å². The lowest BCUT2D eigenvalue weighted by Gasteiger charge is -2.58. The third-order valence-corrected chi connectivity index (χ3v) is 8.25. The van der Waals surface area contributed by atoms with E-state index in [4.69, 9.17) is 23.7 Å². The van der Waals surface area contributed by atoms with E-state index in [0.29, 0.717) is 39.1 Å². The van der Waals surface area contributed by atoms with Gasteiger partial charge < -0.3 is 23.7 Å². The molecule has 2 saturated carbocycles. The van der Waals surface area contributed by atoms with Crippen molar-refractivity contribution in [1.29, 1.82) is 0 Å². The van der Waals surface area contributed by atoms with Gasteiger partial charge in [0.2, 0.25) is 0 Å². The summed E-state index contributed by atoms with van der Waals surface area (Å²) in [5, 5.41) is 0. The molecule has 1 heterocycles. The fourth-order valence-electron chi connectivity index (χ4n) is 6.71. The molecular formula is C28H36O8. The molecule has 8 heteroatoms.